The Morgan fingerprint density at radius 3 is 2.68 bits per heavy atom. The van der Waals surface area contributed by atoms with Gasteiger partial charge in [0, 0.05) is 28.1 Å². The van der Waals surface area contributed by atoms with Crippen LogP contribution in [0.15, 0.2) is 23.0 Å². The van der Waals surface area contributed by atoms with Crippen LogP contribution in [0, 0.1) is 12.8 Å². The van der Waals surface area contributed by atoms with Gasteiger partial charge in [0.05, 0.1) is 38.8 Å². The number of fused-ring (bicyclic) bond motifs is 5. The Bertz CT molecular complexity index is 1580. The van der Waals surface area contributed by atoms with E-state index in [-0.39, 0.29) is 47.4 Å². The molecular formula is C29H35N3O5. The Balaban J connectivity index is 1.84. The number of pyridine rings is 2. The molecule has 0 amide bonds. The van der Waals surface area contributed by atoms with Crippen molar-refractivity contribution in [3.63, 3.8) is 0 Å². The van der Waals surface area contributed by atoms with Gasteiger partial charge in [-0.25, -0.2) is 9.78 Å². The van der Waals surface area contributed by atoms with Crippen LogP contribution in [0.3, 0.4) is 0 Å². The number of esters is 1. The fourth-order valence-electron chi connectivity index (χ4n) is 5.63. The first-order chi connectivity index (χ1) is 18.3. The molecule has 1 aromatic carbocycles. The summed E-state index contributed by atoms with van der Waals surface area (Å²) < 4.78 is 30.2. The summed E-state index contributed by atoms with van der Waals surface area (Å²) in [6.07, 6.45) is 0.0673. The van der Waals surface area contributed by atoms with Gasteiger partial charge in [-0.2, -0.15) is 0 Å². The molecule has 196 valence electrons. The molecule has 0 aliphatic carbocycles. The number of ether oxygens (including phenoxy) is 2. The van der Waals surface area contributed by atoms with Gasteiger partial charge in [-0.05, 0) is 63.5 Å². The van der Waals surface area contributed by atoms with E-state index < -0.39 is 23.6 Å². The molecule has 4 heterocycles. The van der Waals surface area contributed by atoms with Crippen LogP contribution in [0.25, 0.3) is 22.3 Å². The smallest absolute Gasteiger partial charge is 0.343 e. The lowest BCUT2D eigenvalue weighted by atomic mass is 9.82. The number of benzene rings is 1. The summed E-state index contributed by atoms with van der Waals surface area (Å²) in [4.78, 5) is 33.6. The maximum atomic E-state index is 13.8. The zero-order chi connectivity index (χ0) is 28.6. The van der Waals surface area contributed by atoms with Gasteiger partial charge in [0.1, 0.15) is 12.4 Å². The van der Waals surface area contributed by atoms with E-state index in [1.807, 2.05) is 33.9 Å². The molecule has 37 heavy (non-hydrogen) atoms. The number of hydrogen-bond acceptors (Lipinski definition) is 7. The van der Waals surface area contributed by atoms with Crippen molar-refractivity contribution in [2.45, 2.75) is 65.8 Å². The Morgan fingerprint density at radius 1 is 1.30 bits per heavy atom. The van der Waals surface area contributed by atoms with Crippen molar-refractivity contribution in [1.29, 1.82) is 0 Å². The number of rotatable bonds is 6. The highest BCUT2D eigenvalue weighted by atomic mass is 16.6. The second-order valence-electron chi connectivity index (χ2n) is 10.5. The van der Waals surface area contributed by atoms with Gasteiger partial charge in [0.25, 0.3) is 5.56 Å². The molecule has 0 fully saturated rings. The molecule has 3 aromatic rings. The van der Waals surface area contributed by atoms with Crippen LogP contribution in [-0.4, -0.2) is 46.2 Å². The Morgan fingerprint density at radius 2 is 2.03 bits per heavy atom. The molecule has 1 unspecified atom stereocenters. The fraction of sp³-hybridized carbons (Fsp3) is 0.483. The minimum Gasteiger partial charge on any atom is -0.496 e. The first kappa shape index (κ1) is 22.9. The summed E-state index contributed by atoms with van der Waals surface area (Å²) in [6, 6.07) is 5.17. The van der Waals surface area contributed by atoms with Crippen LogP contribution >= 0.6 is 0 Å². The number of carbonyl (C=O) groups excluding carboxylic acids is 1. The van der Waals surface area contributed by atoms with Crippen LogP contribution in [0.1, 0.15) is 70.7 Å². The lowest BCUT2D eigenvalue weighted by Gasteiger charge is -2.33. The fourth-order valence-corrected chi connectivity index (χ4v) is 5.63. The molecule has 0 spiro atoms. The van der Waals surface area contributed by atoms with Crippen molar-refractivity contribution in [3.8, 4) is 17.1 Å². The lowest BCUT2D eigenvalue weighted by molar-refractivity contribution is -0.174. The van der Waals surface area contributed by atoms with Gasteiger partial charge in [0.2, 0.25) is 0 Å². The van der Waals surface area contributed by atoms with Crippen LogP contribution in [-0.2, 0) is 28.2 Å². The van der Waals surface area contributed by atoms with Crippen LogP contribution < -0.4 is 10.3 Å². The average Bonchev–Trinajstić information content (AvgIpc) is 3.09. The molecule has 2 aliphatic rings. The quantitative estimate of drug-likeness (QED) is 0.503. The van der Waals surface area contributed by atoms with Crippen molar-refractivity contribution < 1.29 is 22.1 Å². The normalized spacial score (nSPS) is 21.3. The van der Waals surface area contributed by atoms with Gasteiger partial charge >= 0.3 is 5.97 Å². The van der Waals surface area contributed by atoms with Crippen LogP contribution in [0.2, 0.25) is 0 Å². The summed E-state index contributed by atoms with van der Waals surface area (Å²) in [5.74, 6) is -0.151. The molecular weight excluding hydrogens is 470 g/mol. The highest BCUT2D eigenvalue weighted by Crippen LogP contribution is 2.43. The molecule has 0 saturated heterocycles. The molecule has 2 aromatic heterocycles. The highest BCUT2D eigenvalue weighted by molar-refractivity contribution is 5.90. The molecule has 1 N–H and O–H groups in total. The molecule has 8 heteroatoms. The first-order valence-corrected chi connectivity index (χ1v) is 12.7. The molecule has 2 aliphatic heterocycles. The van der Waals surface area contributed by atoms with E-state index >= 15 is 0 Å². The lowest BCUT2D eigenvalue weighted by Crippen LogP contribution is -2.45. The topological polar surface area (TPSA) is 93.9 Å². The van der Waals surface area contributed by atoms with Crippen molar-refractivity contribution in [3.05, 3.63) is 56.4 Å². The molecule has 5 rings (SSSR count). The summed E-state index contributed by atoms with van der Waals surface area (Å²) >= 11 is 0. The summed E-state index contributed by atoms with van der Waals surface area (Å²) in [6.45, 7) is 8.07. The van der Waals surface area contributed by atoms with Crippen molar-refractivity contribution >= 4 is 16.9 Å². The van der Waals surface area contributed by atoms with Gasteiger partial charge in [-0.3, -0.25) is 9.69 Å². The number of carbonyl (C=O) groups is 1. The van der Waals surface area contributed by atoms with Gasteiger partial charge in [-0.15, -0.1) is 0 Å². The monoisotopic (exact) mass is 507 g/mol. The third-order valence-electron chi connectivity index (χ3n) is 7.70. The van der Waals surface area contributed by atoms with E-state index in [1.165, 1.54) is 0 Å². The van der Waals surface area contributed by atoms with E-state index in [2.05, 4.69) is 18.7 Å². The third-order valence-corrected chi connectivity index (χ3v) is 7.70. The molecule has 0 saturated carbocycles. The van der Waals surface area contributed by atoms with Crippen molar-refractivity contribution in [2.24, 2.45) is 5.92 Å². The third kappa shape index (κ3) is 3.77. The van der Waals surface area contributed by atoms with Crippen molar-refractivity contribution in [2.75, 3.05) is 20.7 Å². The number of methoxy groups -OCH3 is 1. The summed E-state index contributed by atoms with van der Waals surface area (Å²) in [7, 11) is 3.64. The number of aliphatic hydroxyl groups is 1. The van der Waals surface area contributed by atoms with E-state index in [9.17, 15) is 14.7 Å². The number of cyclic esters (lactones) is 1. The molecule has 0 bridgehead atoms. The maximum absolute atomic E-state index is 13.8. The predicted octanol–water partition coefficient (Wildman–Crippen LogP) is 4.05. The van der Waals surface area contributed by atoms with Gasteiger partial charge < -0.3 is 19.1 Å². The Hall–Kier alpha value is -3.23. The van der Waals surface area contributed by atoms with Crippen molar-refractivity contribution in [1.82, 2.24) is 14.5 Å². The second-order valence-corrected chi connectivity index (χ2v) is 10.5. The Labute approximate surface area is 219 Å². The van der Waals surface area contributed by atoms with E-state index in [0.717, 1.165) is 33.4 Å². The second kappa shape index (κ2) is 8.96. The SMILES string of the molecule is [2H]C1([2H])c2cc3c(C(C)N(C)CC)c(OC)c(C)cc3nc2-c2cc3c(c(=O)n21)COC(=O)[C@]3(O)CC(C)C. The van der Waals surface area contributed by atoms with E-state index in [4.69, 9.17) is 17.2 Å². The number of hydrogen-bond donors (Lipinski definition) is 1. The molecule has 8 nitrogen and oxygen atoms in total. The standard InChI is InChI=1S/C29H35N3O5/c1-8-31(6)17(5)24-19-10-18-13-32-23(25(18)30-22(19)9-16(4)26(24)36-7)11-21-20(27(32)33)14-37-28(34)29(21,35)12-15(2)3/h9-11,15,17,35H,8,12-14H2,1-7H3/t17?,29-/m0/s1/i13D2. The van der Waals surface area contributed by atoms with E-state index in [0.29, 0.717) is 11.2 Å². The molecule has 0 radical (unpaired) electrons. The van der Waals surface area contributed by atoms with Gasteiger partial charge in [-0.1, -0.05) is 20.8 Å². The summed E-state index contributed by atoms with van der Waals surface area (Å²) in [5.41, 5.74) is 0.821. The van der Waals surface area contributed by atoms with Crippen LogP contribution in [0.4, 0.5) is 0 Å². The maximum Gasteiger partial charge on any atom is 0.343 e. The van der Waals surface area contributed by atoms with E-state index in [1.54, 1.807) is 19.2 Å². The number of aryl methyl sites for hydroxylation is 1. The van der Waals surface area contributed by atoms with Crippen LogP contribution in [0.5, 0.6) is 5.75 Å². The summed E-state index contributed by atoms with van der Waals surface area (Å²) in [5, 5.41) is 12.2. The largest absolute Gasteiger partial charge is 0.496 e. The predicted molar refractivity (Wildman–Crippen MR) is 142 cm³/mol. The number of aromatic nitrogens is 2. The number of nitrogens with zero attached hydrogens (tertiary/aromatic N) is 3. The Kier molecular flexibility index (Phi) is 5.55. The van der Waals surface area contributed by atoms with Gasteiger partial charge in [0.15, 0.2) is 5.60 Å². The highest BCUT2D eigenvalue weighted by Gasteiger charge is 2.47. The minimum atomic E-state index is -2.22. The zero-order valence-electron chi connectivity index (χ0n) is 24.4. The minimum absolute atomic E-state index is 0.0499. The first-order valence-electron chi connectivity index (χ1n) is 13.7. The average molecular weight is 508 g/mol. The zero-order valence-corrected chi connectivity index (χ0v) is 22.4. The molecule has 2 atom stereocenters.